The second-order valence-electron chi connectivity index (χ2n) is 7.36. The molecule has 2 aromatic carbocycles. The lowest BCUT2D eigenvalue weighted by Crippen LogP contribution is -2.31. The van der Waals surface area contributed by atoms with Crippen LogP contribution < -0.4 is 4.90 Å². The van der Waals surface area contributed by atoms with E-state index in [1.54, 1.807) is 0 Å². The van der Waals surface area contributed by atoms with Crippen LogP contribution in [0.2, 0.25) is 5.02 Å². The Bertz CT molecular complexity index is 903. The molecule has 0 spiro atoms. The van der Waals surface area contributed by atoms with Gasteiger partial charge in [-0.15, -0.1) is 10.2 Å². The molecule has 0 bridgehead atoms. The normalized spacial score (nSPS) is 14.6. The van der Waals surface area contributed by atoms with Gasteiger partial charge in [-0.05, 0) is 62.2 Å². The predicted octanol–water partition coefficient (Wildman–Crippen LogP) is 5.01. The third-order valence-electron chi connectivity index (χ3n) is 5.09. The first-order chi connectivity index (χ1) is 13.7. The standard InChI is InChI=1S/C22H25ClN4O/c1-26(15-18-7-3-4-8-20(18)27-13-5-2-6-14-27)16-21-24-25-22(28-21)17-9-11-19(23)12-10-17/h3-4,7-12H,2,5-6,13-16H2,1H3. The Labute approximate surface area is 170 Å². The fraction of sp³-hybridized carbons (Fsp3) is 0.364. The minimum atomic E-state index is 0.522. The molecule has 0 atom stereocenters. The quantitative estimate of drug-likeness (QED) is 0.585. The summed E-state index contributed by atoms with van der Waals surface area (Å²) in [4.78, 5) is 4.72. The van der Waals surface area contributed by atoms with Gasteiger partial charge in [0.2, 0.25) is 11.8 Å². The molecular weight excluding hydrogens is 372 g/mol. The molecule has 1 fully saturated rings. The van der Waals surface area contributed by atoms with Crippen molar-refractivity contribution in [3.05, 3.63) is 65.0 Å². The molecule has 2 heterocycles. The molecule has 0 unspecified atom stereocenters. The Morgan fingerprint density at radius 1 is 0.964 bits per heavy atom. The molecular formula is C22H25ClN4O. The summed E-state index contributed by atoms with van der Waals surface area (Å²) in [5.41, 5.74) is 3.56. The van der Waals surface area contributed by atoms with E-state index in [9.17, 15) is 0 Å². The molecule has 1 aliphatic rings. The molecule has 1 aromatic heterocycles. The largest absolute Gasteiger partial charge is 0.419 e. The van der Waals surface area contributed by atoms with Crippen LogP contribution in [0.5, 0.6) is 0 Å². The zero-order valence-electron chi connectivity index (χ0n) is 16.1. The van der Waals surface area contributed by atoms with Gasteiger partial charge < -0.3 is 9.32 Å². The number of benzene rings is 2. The zero-order valence-corrected chi connectivity index (χ0v) is 16.9. The summed E-state index contributed by atoms with van der Waals surface area (Å²) in [5.74, 6) is 1.14. The average Bonchev–Trinajstić information content (AvgIpc) is 3.18. The lowest BCUT2D eigenvalue weighted by Gasteiger charge is -2.31. The number of hydrogen-bond donors (Lipinski definition) is 0. The number of nitrogens with zero attached hydrogens (tertiary/aromatic N) is 4. The summed E-state index contributed by atoms with van der Waals surface area (Å²) in [6.07, 6.45) is 3.89. The molecule has 1 saturated heterocycles. The summed E-state index contributed by atoms with van der Waals surface area (Å²) >= 11 is 5.94. The first-order valence-corrected chi connectivity index (χ1v) is 10.2. The number of piperidine rings is 1. The maximum Gasteiger partial charge on any atom is 0.247 e. The average molecular weight is 397 g/mol. The van der Waals surface area contributed by atoms with Crippen molar-refractivity contribution in [1.29, 1.82) is 0 Å². The minimum Gasteiger partial charge on any atom is -0.419 e. The Morgan fingerprint density at radius 2 is 1.71 bits per heavy atom. The maximum absolute atomic E-state index is 5.94. The molecule has 6 heteroatoms. The zero-order chi connectivity index (χ0) is 19.3. The lowest BCUT2D eigenvalue weighted by atomic mass is 10.1. The Balaban J connectivity index is 1.42. The van der Waals surface area contributed by atoms with Gasteiger partial charge in [0.25, 0.3) is 0 Å². The van der Waals surface area contributed by atoms with Gasteiger partial charge in [0.15, 0.2) is 0 Å². The summed E-state index contributed by atoms with van der Waals surface area (Å²) in [6, 6.07) is 16.1. The smallest absolute Gasteiger partial charge is 0.247 e. The minimum absolute atomic E-state index is 0.522. The highest BCUT2D eigenvalue weighted by Crippen LogP contribution is 2.26. The van der Waals surface area contributed by atoms with Crippen molar-refractivity contribution in [2.75, 3.05) is 25.0 Å². The van der Waals surface area contributed by atoms with Gasteiger partial charge in [-0.3, -0.25) is 4.90 Å². The highest BCUT2D eigenvalue weighted by Gasteiger charge is 2.16. The summed E-state index contributed by atoms with van der Waals surface area (Å²) in [6.45, 7) is 3.74. The molecule has 0 radical (unpaired) electrons. The summed E-state index contributed by atoms with van der Waals surface area (Å²) < 4.78 is 5.85. The Morgan fingerprint density at radius 3 is 2.50 bits per heavy atom. The fourth-order valence-corrected chi connectivity index (χ4v) is 3.82. The van der Waals surface area contributed by atoms with Crippen LogP contribution in [0.25, 0.3) is 11.5 Å². The number of hydrogen-bond acceptors (Lipinski definition) is 5. The number of halogens is 1. The molecule has 0 N–H and O–H groups in total. The van der Waals surface area contributed by atoms with Crippen LogP contribution in [0.15, 0.2) is 52.9 Å². The highest BCUT2D eigenvalue weighted by molar-refractivity contribution is 6.30. The molecule has 4 rings (SSSR count). The lowest BCUT2D eigenvalue weighted by molar-refractivity contribution is 0.283. The third kappa shape index (κ3) is 4.54. The molecule has 3 aromatic rings. The van der Waals surface area contributed by atoms with Gasteiger partial charge in [-0.25, -0.2) is 0 Å². The van der Waals surface area contributed by atoms with Gasteiger partial charge in [0.05, 0.1) is 6.54 Å². The fourth-order valence-electron chi connectivity index (χ4n) is 3.69. The third-order valence-corrected chi connectivity index (χ3v) is 5.34. The van der Waals surface area contributed by atoms with Crippen molar-refractivity contribution < 1.29 is 4.42 Å². The van der Waals surface area contributed by atoms with E-state index in [0.717, 1.165) is 25.2 Å². The Kier molecular flexibility index (Phi) is 5.93. The highest BCUT2D eigenvalue weighted by atomic mass is 35.5. The monoisotopic (exact) mass is 396 g/mol. The van der Waals surface area contributed by atoms with Gasteiger partial charge in [0, 0.05) is 35.9 Å². The van der Waals surface area contributed by atoms with E-state index in [0.29, 0.717) is 23.3 Å². The van der Waals surface area contributed by atoms with Crippen LogP contribution in [-0.4, -0.2) is 35.2 Å². The molecule has 5 nitrogen and oxygen atoms in total. The van der Waals surface area contributed by atoms with E-state index >= 15 is 0 Å². The maximum atomic E-state index is 5.94. The number of aromatic nitrogens is 2. The second kappa shape index (κ2) is 8.76. The van der Waals surface area contributed by atoms with Crippen LogP contribution in [0, 0.1) is 0 Å². The first kappa shape index (κ1) is 19.0. The number of anilines is 1. The van der Waals surface area contributed by atoms with E-state index in [1.807, 2.05) is 24.3 Å². The van der Waals surface area contributed by atoms with Crippen molar-refractivity contribution in [3.63, 3.8) is 0 Å². The molecule has 0 amide bonds. The van der Waals surface area contributed by atoms with Crippen LogP contribution >= 0.6 is 11.6 Å². The van der Waals surface area contributed by atoms with E-state index < -0.39 is 0 Å². The van der Waals surface area contributed by atoms with Crippen LogP contribution in [-0.2, 0) is 13.1 Å². The molecule has 0 saturated carbocycles. The Hall–Kier alpha value is -2.37. The molecule has 146 valence electrons. The topological polar surface area (TPSA) is 45.4 Å². The first-order valence-electron chi connectivity index (χ1n) is 9.79. The second-order valence-corrected chi connectivity index (χ2v) is 7.79. The SMILES string of the molecule is CN(Cc1nnc(-c2ccc(Cl)cc2)o1)Cc1ccccc1N1CCCCC1. The van der Waals surface area contributed by atoms with Crippen molar-refractivity contribution in [3.8, 4) is 11.5 Å². The van der Waals surface area contributed by atoms with E-state index in [2.05, 4.69) is 51.3 Å². The van der Waals surface area contributed by atoms with Gasteiger partial charge in [0.1, 0.15) is 0 Å². The summed E-state index contributed by atoms with van der Waals surface area (Å²) in [7, 11) is 2.08. The van der Waals surface area contributed by atoms with Crippen LogP contribution in [0.3, 0.4) is 0 Å². The van der Waals surface area contributed by atoms with Crippen molar-refractivity contribution >= 4 is 17.3 Å². The van der Waals surface area contributed by atoms with Crippen molar-refractivity contribution in [2.45, 2.75) is 32.4 Å². The molecule has 28 heavy (non-hydrogen) atoms. The van der Waals surface area contributed by atoms with E-state index in [-0.39, 0.29) is 0 Å². The van der Waals surface area contributed by atoms with Gasteiger partial charge in [-0.2, -0.15) is 0 Å². The van der Waals surface area contributed by atoms with Crippen molar-refractivity contribution in [2.24, 2.45) is 0 Å². The van der Waals surface area contributed by atoms with Crippen LogP contribution in [0.1, 0.15) is 30.7 Å². The van der Waals surface area contributed by atoms with E-state index in [4.69, 9.17) is 16.0 Å². The van der Waals surface area contributed by atoms with Crippen molar-refractivity contribution in [1.82, 2.24) is 15.1 Å². The predicted molar refractivity (Wildman–Crippen MR) is 112 cm³/mol. The summed E-state index contributed by atoms with van der Waals surface area (Å²) in [5, 5.41) is 9.07. The molecule has 0 aliphatic carbocycles. The number of rotatable bonds is 6. The number of para-hydroxylation sites is 1. The van der Waals surface area contributed by atoms with Gasteiger partial charge in [-0.1, -0.05) is 29.8 Å². The van der Waals surface area contributed by atoms with E-state index in [1.165, 1.54) is 30.5 Å². The van der Waals surface area contributed by atoms with Crippen LogP contribution in [0.4, 0.5) is 5.69 Å². The molecule has 1 aliphatic heterocycles. The van der Waals surface area contributed by atoms with Gasteiger partial charge >= 0.3 is 0 Å².